The van der Waals surface area contributed by atoms with Gasteiger partial charge in [0.15, 0.2) is 0 Å². The van der Waals surface area contributed by atoms with Gasteiger partial charge in [-0.25, -0.2) is 4.79 Å². The van der Waals surface area contributed by atoms with Gasteiger partial charge in [-0.05, 0) is 0 Å². The zero-order valence-corrected chi connectivity index (χ0v) is 6.64. The van der Waals surface area contributed by atoms with E-state index in [-0.39, 0.29) is 27.4 Å². The number of hydrogen-bond donors (Lipinski definition) is 2. The summed E-state index contributed by atoms with van der Waals surface area (Å²) in [6.45, 7) is 0. The van der Waals surface area contributed by atoms with Crippen LogP contribution in [-0.4, -0.2) is 43.5 Å². The Balaban J connectivity index is -0.00000000990. The van der Waals surface area contributed by atoms with Crippen LogP contribution in [-0.2, 0) is 20.3 Å². The molecule has 60 valence electrons. The maximum absolute atomic E-state index is 8.56. The Labute approximate surface area is 69.0 Å². The molecule has 0 atom stereocenters. The molecule has 0 aromatic rings. The summed E-state index contributed by atoms with van der Waals surface area (Å²) < 4.78 is 8.28. The summed E-state index contributed by atoms with van der Waals surface area (Å²) in [6, 6.07) is 0. The molecule has 0 aromatic heterocycles. The van der Waals surface area contributed by atoms with Crippen molar-refractivity contribution in [2.75, 3.05) is 0 Å². The van der Waals surface area contributed by atoms with E-state index in [4.69, 9.17) is 18.8 Å². The third kappa shape index (κ3) is 1140000. The minimum atomic E-state index is -1.83. The molecule has 0 saturated heterocycles. The second kappa shape index (κ2) is 43.4. The van der Waals surface area contributed by atoms with E-state index in [0.29, 0.717) is 16.2 Å². The van der Waals surface area contributed by atoms with E-state index in [0.717, 1.165) is 0 Å². The van der Waals surface area contributed by atoms with Crippen molar-refractivity contribution in [3.63, 3.8) is 0 Å². The van der Waals surface area contributed by atoms with Crippen molar-refractivity contribution in [3.8, 4) is 0 Å². The topological polar surface area (TPSA) is 138 Å². The second-order valence-electron chi connectivity index (χ2n) is 0.283. The van der Waals surface area contributed by atoms with Crippen molar-refractivity contribution in [1.29, 1.82) is 0 Å². The fourth-order valence-electron chi connectivity index (χ4n) is 0. The Morgan fingerprint density at radius 1 is 1.11 bits per heavy atom. The van der Waals surface area contributed by atoms with Crippen LogP contribution in [0.25, 0.3) is 0 Å². The molecule has 0 heterocycles. The van der Waals surface area contributed by atoms with E-state index in [1.54, 1.807) is 0 Å². The van der Waals surface area contributed by atoms with E-state index in [9.17, 15) is 0 Å². The molecule has 0 aromatic carbocycles. The molecule has 0 unspecified atom stereocenters. The molecule has 0 radical (unpaired) electrons. The van der Waals surface area contributed by atoms with Gasteiger partial charge in [-0.2, -0.15) is 0 Å². The molecule has 6 N–H and O–H groups in total. The Morgan fingerprint density at radius 2 is 1.11 bits per heavy atom. The number of rotatable bonds is 0. The van der Waals surface area contributed by atoms with Crippen LogP contribution in [0.3, 0.4) is 0 Å². The van der Waals surface area contributed by atoms with Crippen LogP contribution >= 0.6 is 0 Å². The SMILES string of the molecule is O.O.O=C(O)O.[Ni].[O]=[AlH]. The average Bonchev–Trinajstić information content (AvgIpc) is 1.41. The summed E-state index contributed by atoms with van der Waals surface area (Å²) in [5.41, 5.74) is 0. The summed E-state index contributed by atoms with van der Waals surface area (Å²) >= 11 is 0.611. The predicted molar refractivity (Wildman–Crippen MR) is 25.7 cm³/mol. The average molecular weight is 201 g/mol. The van der Waals surface area contributed by atoms with Gasteiger partial charge in [-0.1, -0.05) is 0 Å². The Hall–Kier alpha value is 0.0160. The maximum atomic E-state index is 8.56. The van der Waals surface area contributed by atoms with Crippen molar-refractivity contribution in [3.05, 3.63) is 0 Å². The van der Waals surface area contributed by atoms with Gasteiger partial charge >= 0.3 is 26.2 Å². The molecule has 0 spiro atoms. The Morgan fingerprint density at radius 3 is 1.11 bits per heavy atom. The van der Waals surface area contributed by atoms with Gasteiger partial charge < -0.3 is 21.2 Å². The van der Waals surface area contributed by atoms with E-state index < -0.39 is 6.16 Å². The number of hydrogen-bond acceptors (Lipinski definition) is 2. The molecule has 6 nitrogen and oxygen atoms in total. The molecule has 0 amide bonds. The fourth-order valence-corrected chi connectivity index (χ4v) is 0. The Kier molecular flexibility index (Phi) is 173. The van der Waals surface area contributed by atoms with Crippen molar-refractivity contribution < 1.29 is 46.3 Å². The zero-order valence-electron chi connectivity index (χ0n) is 4.23. The van der Waals surface area contributed by atoms with Crippen LogP contribution in [0.5, 0.6) is 0 Å². The van der Waals surface area contributed by atoms with Gasteiger partial charge in [-0.15, -0.1) is 0 Å². The molecular formula is CH7AlNiO6. The summed E-state index contributed by atoms with van der Waals surface area (Å²) in [5.74, 6) is 0. The van der Waals surface area contributed by atoms with Gasteiger partial charge in [0.05, 0.1) is 0 Å². The normalized spacial score (nSPS) is 3.00. The van der Waals surface area contributed by atoms with Crippen LogP contribution in [0, 0.1) is 0 Å². The third-order valence-electron chi connectivity index (χ3n) is 0. The van der Waals surface area contributed by atoms with Crippen LogP contribution in [0.2, 0.25) is 0 Å². The molecule has 0 aliphatic rings. The monoisotopic (exact) mass is 200 g/mol. The molecular weight excluding hydrogens is 194 g/mol. The molecule has 0 saturated carbocycles. The van der Waals surface area contributed by atoms with Gasteiger partial charge in [0.2, 0.25) is 0 Å². The third-order valence-corrected chi connectivity index (χ3v) is 0. The molecule has 0 bridgehead atoms. The quantitative estimate of drug-likeness (QED) is 0.429. The van der Waals surface area contributed by atoms with Crippen molar-refractivity contribution in [1.82, 2.24) is 0 Å². The molecule has 0 fully saturated rings. The van der Waals surface area contributed by atoms with Crippen LogP contribution in [0.4, 0.5) is 4.79 Å². The predicted octanol–water partition coefficient (Wildman–Crippen LogP) is -2.20. The van der Waals surface area contributed by atoms with Crippen LogP contribution in [0.1, 0.15) is 0 Å². The molecule has 8 heteroatoms. The van der Waals surface area contributed by atoms with Crippen LogP contribution < -0.4 is 0 Å². The van der Waals surface area contributed by atoms with Crippen molar-refractivity contribution in [2.24, 2.45) is 0 Å². The number of carboxylic acid groups (broad SMARTS) is 2. The first-order valence-corrected chi connectivity index (χ1v) is 1.52. The van der Waals surface area contributed by atoms with E-state index in [1.165, 1.54) is 0 Å². The number of carbonyl (C=O) groups is 1. The first-order chi connectivity index (χ1) is 2.73. The minimum absolute atomic E-state index is 0. The van der Waals surface area contributed by atoms with E-state index in [2.05, 4.69) is 0 Å². The van der Waals surface area contributed by atoms with Gasteiger partial charge in [-0.3, -0.25) is 0 Å². The molecule has 9 heavy (non-hydrogen) atoms. The molecule has 0 aliphatic heterocycles. The summed E-state index contributed by atoms with van der Waals surface area (Å²) in [6.07, 6.45) is -1.83. The second-order valence-corrected chi connectivity index (χ2v) is 0.283. The van der Waals surface area contributed by atoms with Gasteiger partial charge in [0.1, 0.15) is 0 Å². The van der Waals surface area contributed by atoms with Crippen molar-refractivity contribution in [2.45, 2.75) is 0 Å². The standard InChI is InChI=1S/CH2O3.Al.Ni.2H2O.O.H/c2-1(3)4;;;;;;/h(H2,2,3,4);;;2*1H2;;. The van der Waals surface area contributed by atoms with Crippen LogP contribution in [0.15, 0.2) is 0 Å². The van der Waals surface area contributed by atoms with Gasteiger partial charge in [0, 0.05) is 16.5 Å². The fraction of sp³-hybridized carbons (Fsp3) is 0. The first kappa shape index (κ1) is 35.9. The van der Waals surface area contributed by atoms with E-state index in [1.807, 2.05) is 0 Å². The van der Waals surface area contributed by atoms with Crippen molar-refractivity contribution >= 4 is 22.4 Å². The molecule has 0 aliphatic carbocycles. The summed E-state index contributed by atoms with van der Waals surface area (Å²) in [7, 11) is 0. The van der Waals surface area contributed by atoms with E-state index >= 15 is 0 Å². The Bertz CT molecular complexity index is 44.3. The molecule has 0 rings (SSSR count). The summed E-state index contributed by atoms with van der Waals surface area (Å²) in [5, 5.41) is 13.9. The first-order valence-electron chi connectivity index (χ1n) is 0.940. The van der Waals surface area contributed by atoms with Gasteiger partial charge in [0.25, 0.3) is 0 Å². The summed E-state index contributed by atoms with van der Waals surface area (Å²) in [4.78, 5) is 8.56. The zero-order chi connectivity index (χ0) is 5.58.